The van der Waals surface area contributed by atoms with Gasteiger partial charge in [0.1, 0.15) is 5.56 Å². The Kier molecular flexibility index (Phi) is 4.17. The Morgan fingerprint density at radius 1 is 1.26 bits per heavy atom. The third kappa shape index (κ3) is 2.75. The molecule has 2 atom stereocenters. The molecule has 3 rings (SSSR count). The van der Waals surface area contributed by atoms with E-state index in [-0.39, 0.29) is 11.5 Å². The minimum atomic E-state index is -0.165. The summed E-state index contributed by atoms with van der Waals surface area (Å²) in [5.74, 6) is 1.02. The molecule has 2 heterocycles. The second-order valence-electron chi connectivity index (χ2n) is 7.13. The average molecular weight is 314 g/mol. The van der Waals surface area contributed by atoms with E-state index in [9.17, 15) is 9.59 Å². The van der Waals surface area contributed by atoms with Gasteiger partial charge in [0.05, 0.1) is 0 Å². The third-order valence-electron chi connectivity index (χ3n) is 5.54. The number of aromatic nitrogens is 1. The first kappa shape index (κ1) is 16.0. The molecule has 2 aliphatic rings. The lowest BCUT2D eigenvalue weighted by Gasteiger charge is -2.21. The molecule has 0 unspecified atom stereocenters. The molecular formula is C19H26N2O2. The fourth-order valence-electron chi connectivity index (χ4n) is 4.22. The van der Waals surface area contributed by atoms with E-state index in [1.54, 1.807) is 17.7 Å². The van der Waals surface area contributed by atoms with Crippen molar-refractivity contribution < 1.29 is 4.79 Å². The molecule has 4 nitrogen and oxygen atoms in total. The number of rotatable bonds is 2. The van der Waals surface area contributed by atoms with Gasteiger partial charge in [-0.1, -0.05) is 18.6 Å². The lowest BCUT2D eigenvalue weighted by atomic mass is 9.83. The average Bonchev–Trinajstić information content (AvgIpc) is 2.93. The molecule has 1 amide bonds. The molecular weight excluding hydrogens is 288 g/mol. The van der Waals surface area contributed by atoms with Gasteiger partial charge >= 0.3 is 0 Å². The van der Waals surface area contributed by atoms with Gasteiger partial charge in [-0.2, -0.15) is 0 Å². The molecule has 124 valence electrons. The smallest absolute Gasteiger partial charge is 0.263 e. The monoisotopic (exact) mass is 314 g/mol. The van der Waals surface area contributed by atoms with Gasteiger partial charge in [0.25, 0.3) is 11.5 Å². The van der Waals surface area contributed by atoms with Crippen molar-refractivity contribution in [1.82, 2.24) is 9.47 Å². The highest BCUT2D eigenvalue weighted by molar-refractivity contribution is 5.94. The van der Waals surface area contributed by atoms with Gasteiger partial charge in [-0.15, -0.1) is 0 Å². The fourth-order valence-corrected chi connectivity index (χ4v) is 4.22. The highest BCUT2D eigenvalue weighted by Gasteiger charge is 2.37. The van der Waals surface area contributed by atoms with Crippen LogP contribution in [-0.2, 0) is 13.5 Å². The van der Waals surface area contributed by atoms with Crippen LogP contribution in [0.25, 0.3) is 0 Å². The molecule has 1 saturated heterocycles. The first-order valence-corrected chi connectivity index (χ1v) is 8.56. The van der Waals surface area contributed by atoms with Gasteiger partial charge < -0.3 is 9.47 Å². The van der Waals surface area contributed by atoms with Crippen LogP contribution in [0.3, 0.4) is 0 Å². The number of allylic oxidation sites excluding steroid dienone is 2. The molecule has 1 aliphatic heterocycles. The summed E-state index contributed by atoms with van der Waals surface area (Å²) in [6, 6.07) is 1.79. The van der Waals surface area contributed by atoms with Crippen molar-refractivity contribution in [2.24, 2.45) is 18.9 Å². The zero-order chi connectivity index (χ0) is 16.7. The molecule has 0 saturated carbocycles. The van der Waals surface area contributed by atoms with Crippen molar-refractivity contribution in [3.05, 3.63) is 44.9 Å². The maximum Gasteiger partial charge on any atom is 0.263 e. The number of pyridine rings is 1. The van der Waals surface area contributed by atoms with Gasteiger partial charge in [0, 0.05) is 25.8 Å². The predicted molar refractivity (Wildman–Crippen MR) is 91.7 cm³/mol. The van der Waals surface area contributed by atoms with E-state index < -0.39 is 0 Å². The summed E-state index contributed by atoms with van der Waals surface area (Å²) in [6.07, 6.45) is 5.24. The van der Waals surface area contributed by atoms with Crippen LogP contribution in [0.2, 0.25) is 0 Å². The van der Waals surface area contributed by atoms with E-state index in [2.05, 4.69) is 13.0 Å². The number of likely N-dealkylation sites (tertiary alicyclic amines) is 1. The van der Waals surface area contributed by atoms with Crippen molar-refractivity contribution in [3.63, 3.8) is 0 Å². The van der Waals surface area contributed by atoms with Gasteiger partial charge in [-0.3, -0.25) is 9.59 Å². The highest BCUT2D eigenvalue weighted by atomic mass is 16.2. The quantitative estimate of drug-likeness (QED) is 0.788. The van der Waals surface area contributed by atoms with Gasteiger partial charge in [0.2, 0.25) is 0 Å². The summed E-state index contributed by atoms with van der Waals surface area (Å²) < 4.78 is 1.64. The van der Waals surface area contributed by atoms with Crippen LogP contribution in [0.5, 0.6) is 0 Å². The van der Waals surface area contributed by atoms with Crippen molar-refractivity contribution >= 4 is 5.91 Å². The lowest BCUT2D eigenvalue weighted by Crippen LogP contribution is -2.36. The minimum Gasteiger partial charge on any atom is -0.338 e. The van der Waals surface area contributed by atoms with Crippen LogP contribution in [0.15, 0.2) is 22.5 Å². The second-order valence-corrected chi connectivity index (χ2v) is 7.13. The summed E-state index contributed by atoms with van der Waals surface area (Å²) in [4.78, 5) is 27.4. The van der Waals surface area contributed by atoms with E-state index in [0.717, 1.165) is 43.6 Å². The Bertz CT molecular complexity index is 730. The Balaban J connectivity index is 1.87. The minimum absolute atomic E-state index is 0.0941. The second kappa shape index (κ2) is 5.99. The van der Waals surface area contributed by atoms with Crippen LogP contribution in [-0.4, -0.2) is 28.5 Å². The topological polar surface area (TPSA) is 42.3 Å². The molecule has 1 aliphatic carbocycles. The Hall–Kier alpha value is -1.84. The number of aryl methyl sites for hydroxylation is 1. The molecule has 0 aromatic carbocycles. The number of hydrogen-bond acceptors (Lipinski definition) is 2. The molecule has 1 aromatic heterocycles. The summed E-state index contributed by atoms with van der Waals surface area (Å²) in [5.41, 5.74) is 3.61. The largest absolute Gasteiger partial charge is 0.338 e. The Morgan fingerprint density at radius 2 is 1.96 bits per heavy atom. The van der Waals surface area contributed by atoms with Crippen molar-refractivity contribution in [2.75, 3.05) is 13.1 Å². The lowest BCUT2D eigenvalue weighted by molar-refractivity contribution is 0.0781. The normalized spacial score (nSPS) is 23.7. The van der Waals surface area contributed by atoms with Gasteiger partial charge in [-0.25, -0.2) is 0 Å². The molecule has 0 spiro atoms. The Labute approximate surface area is 137 Å². The van der Waals surface area contributed by atoms with Crippen LogP contribution in [0, 0.1) is 18.8 Å². The summed E-state index contributed by atoms with van der Waals surface area (Å²) >= 11 is 0. The number of nitrogens with zero attached hydrogens (tertiary/aromatic N) is 2. The molecule has 23 heavy (non-hydrogen) atoms. The van der Waals surface area contributed by atoms with E-state index in [1.807, 2.05) is 18.7 Å². The van der Waals surface area contributed by atoms with Gasteiger partial charge in [0.15, 0.2) is 0 Å². The fraction of sp³-hybridized carbons (Fsp3) is 0.579. The Morgan fingerprint density at radius 3 is 2.65 bits per heavy atom. The number of fused-ring (bicyclic) bond motifs is 1. The highest BCUT2D eigenvalue weighted by Crippen LogP contribution is 2.36. The summed E-state index contributed by atoms with van der Waals surface area (Å²) in [7, 11) is 1.77. The predicted octanol–water partition coefficient (Wildman–Crippen LogP) is 2.68. The van der Waals surface area contributed by atoms with Crippen LogP contribution < -0.4 is 5.56 Å². The third-order valence-corrected chi connectivity index (χ3v) is 5.54. The zero-order valence-electron chi connectivity index (χ0n) is 14.6. The number of carbonyl (C=O) groups excluding carboxylic acids is 1. The van der Waals surface area contributed by atoms with Crippen LogP contribution >= 0.6 is 0 Å². The van der Waals surface area contributed by atoms with E-state index in [0.29, 0.717) is 17.4 Å². The van der Waals surface area contributed by atoms with Crippen molar-refractivity contribution in [1.29, 1.82) is 0 Å². The van der Waals surface area contributed by atoms with Crippen molar-refractivity contribution in [2.45, 2.75) is 40.0 Å². The van der Waals surface area contributed by atoms with E-state index >= 15 is 0 Å². The first-order valence-electron chi connectivity index (χ1n) is 8.56. The van der Waals surface area contributed by atoms with E-state index in [1.165, 1.54) is 5.57 Å². The first-order chi connectivity index (χ1) is 10.9. The number of amides is 1. The van der Waals surface area contributed by atoms with Crippen LogP contribution in [0.4, 0.5) is 0 Å². The summed E-state index contributed by atoms with van der Waals surface area (Å²) in [6.45, 7) is 7.75. The number of carbonyl (C=O) groups is 1. The molecule has 1 aromatic rings. The molecule has 1 fully saturated rings. The van der Waals surface area contributed by atoms with Crippen molar-refractivity contribution in [3.8, 4) is 0 Å². The van der Waals surface area contributed by atoms with Gasteiger partial charge in [-0.05, 0) is 56.6 Å². The zero-order valence-corrected chi connectivity index (χ0v) is 14.6. The van der Waals surface area contributed by atoms with Crippen LogP contribution in [0.1, 0.15) is 48.3 Å². The summed E-state index contributed by atoms with van der Waals surface area (Å²) in [5, 5.41) is 0. The maximum atomic E-state index is 12.9. The van der Waals surface area contributed by atoms with E-state index in [4.69, 9.17) is 0 Å². The SMILES string of the molecule is CCc1c(C)cc(C(=O)N2C[C@H]3CC=C(C)C[C@H]3C2)c(=O)n1C. The maximum absolute atomic E-state index is 12.9. The standard InChI is InChI=1S/C19H26N2O2/c1-5-17-13(3)9-16(18(22)20(17)4)19(23)21-10-14-7-6-12(2)8-15(14)11-21/h6,9,14-15H,5,7-8,10-11H2,1-4H3/t14-,15+/m1/s1. The number of hydrogen-bond donors (Lipinski definition) is 0. The molecule has 0 N–H and O–H groups in total. The molecule has 4 heteroatoms. The molecule has 0 radical (unpaired) electrons. The molecule has 0 bridgehead atoms.